The number of aryl methyl sites for hydroxylation is 2. The number of carbonyl (C=O) groups excluding carboxylic acids is 3. The first-order valence-corrected chi connectivity index (χ1v) is 31.9. The normalized spacial score (nSPS) is 24.6. The van der Waals surface area contributed by atoms with E-state index in [-0.39, 0.29) is 96.6 Å². The topological polar surface area (TPSA) is 228 Å². The second-order valence-corrected chi connectivity index (χ2v) is 26.2. The van der Waals surface area contributed by atoms with Crippen LogP contribution in [0, 0.1) is 18.7 Å². The number of thiazole rings is 1. The van der Waals surface area contributed by atoms with Gasteiger partial charge in [-0.15, -0.1) is 11.3 Å². The molecule has 6 aliphatic rings. The minimum atomic E-state index is -0.869. The third kappa shape index (κ3) is 11.2. The Morgan fingerprint density at radius 1 is 0.943 bits per heavy atom. The number of phenolic OH excluding ortho intramolecular Hbond substituents is 1. The van der Waals surface area contributed by atoms with E-state index in [1.807, 2.05) is 87.5 Å². The molecule has 6 aliphatic heterocycles. The number of carbonyl (C=O) groups is 3. The summed E-state index contributed by atoms with van der Waals surface area (Å²) in [5.74, 6) is -0.710. The Bertz CT molecular complexity index is 3720. The second-order valence-electron chi connectivity index (χ2n) is 25.3. The number of benzene rings is 3. The lowest BCUT2D eigenvalue weighted by Gasteiger charge is -2.39. The lowest BCUT2D eigenvalue weighted by molar-refractivity contribution is -0.141. The number of nitrogens with one attached hydrogen (secondary N) is 2. The first-order valence-electron chi connectivity index (χ1n) is 31.0. The number of hydrogen-bond acceptors (Lipinski definition) is 18. The van der Waals surface area contributed by atoms with Crippen LogP contribution in [0.25, 0.3) is 43.4 Å². The number of aliphatic hydroxyl groups is 1. The Kier molecular flexibility index (Phi) is 16.0. The molecule has 10 heterocycles. The number of ether oxygens (including phenoxy) is 2. The largest absolute Gasteiger partial charge is 0.508 e. The van der Waals surface area contributed by atoms with Gasteiger partial charge in [-0.25, -0.2) is 14.2 Å². The monoisotopic (exact) mass is 1200 g/mol. The quantitative estimate of drug-likeness (QED) is 0.0708. The maximum absolute atomic E-state index is 17.4. The number of anilines is 2. The third-order valence-corrected chi connectivity index (χ3v) is 20.3. The second kappa shape index (κ2) is 23.9. The number of nitrogens with zero attached hydrogens (tertiary/aromatic N) is 10. The molecule has 20 nitrogen and oxygen atoms in total. The first kappa shape index (κ1) is 58.5. The SMILES string of the molecule is CCc1cccc2cc(O)cc(-c3ncc4c(N5CC6CCC(C5)N6)nc(OC[C@]56CCCN5[C@H](COC(=O)N5CCN(c7cc([C@@H](C(=O)N8C[C@H](O)C[C@H]8C(=O)N[C@@H](C)c8ccc(-c9scnc9C)cc8)C(C)C)on7)C[C@@H]5C)CC6)nc4c3F)c12. The molecule has 0 saturated carbocycles. The highest BCUT2D eigenvalue weighted by molar-refractivity contribution is 7.13. The van der Waals surface area contributed by atoms with Crippen LogP contribution in [-0.2, 0) is 20.7 Å². The van der Waals surface area contributed by atoms with Crippen molar-refractivity contribution in [2.24, 2.45) is 5.92 Å². The molecule has 3 amide bonds. The van der Waals surface area contributed by atoms with Gasteiger partial charge in [-0.3, -0.25) is 19.5 Å². The van der Waals surface area contributed by atoms with Gasteiger partial charge in [0.15, 0.2) is 17.4 Å². The summed E-state index contributed by atoms with van der Waals surface area (Å²) in [7, 11) is 0. The number of aliphatic hydroxyl groups excluding tert-OH is 1. The first-order chi connectivity index (χ1) is 42.0. The summed E-state index contributed by atoms with van der Waals surface area (Å²) in [6.07, 6.45) is 6.81. The van der Waals surface area contributed by atoms with Gasteiger partial charge in [-0.2, -0.15) is 9.97 Å². The van der Waals surface area contributed by atoms with Gasteiger partial charge in [0.25, 0.3) is 0 Å². The van der Waals surface area contributed by atoms with E-state index in [1.54, 1.807) is 40.6 Å². The molecule has 22 heteroatoms. The van der Waals surface area contributed by atoms with E-state index in [9.17, 15) is 24.6 Å². The zero-order chi connectivity index (χ0) is 60.4. The van der Waals surface area contributed by atoms with Crippen LogP contribution in [0.15, 0.2) is 76.9 Å². The van der Waals surface area contributed by atoms with Crippen molar-refractivity contribution in [1.29, 1.82) is 0 Å². The number of fused-ring (bicyclic) bond motifs is 5. The van der Waals surface area contributed by atoms with Crippen LogP contribution >= 0.6 is 11.3 Å². The van der Waals surface area contributed by atoms with E-state index >= 15 is 4.39 Å². The average molecular weight is 1210 g/mol. The fourth-order valence-electron chi connectivity index (χ4n) is 14.8. The summed E-state index contributed by atoms with van der Waals surface area (Å²) in [6, 6.07) is 18.2. The van der Waals surface area contributed by atoms with Crippen LogP contribution in [0.3, 0.4) is 0 Å². The standard InChI is InChI=1S/C65H77FN12O8S/c1-7-40-10-8-11-43-24-47(79)25-49(55(40)43)57-56(66)58-50(28-67-57)60(75-30-44-16-17-45(31-75)70-44)72-63(71-58)85-34-65-19-9-21-78(65)46(18-20-65)33-84-64(83)76-23-22-74(29-37(76)4)53-27-52(86-73-53)54(36(2)3)62(82)77-32-48(80)26-51(77)61(81)69-38(5)41-12-14-42(15-13-41)59-39(6)68-35-87-59/h8,10-15,24-25,27-28,35-38,44-46,48,51,54,70,79-80H,7,9,16-23,26,29-34H2,1-6H3,(H,69,81)/t37-,38-,44?,45?,46-,48+,51-,54-,65+/m0/s1. The van der Waals surface area contributed by atoms with E-state index in [4.69, 9.17) is 28.9 Å². The molecule has 458 valence electrons. The van der Waals surface area contributed by atoms with Crippen molar-refractivity contribution in [2.45, 2.75) is 147 Å². The van der Waals surface area contributed by atoms with Crippen molar-refractivity contribution >= 4 is 62.6 Å². The fourth-order valence-corrected chi connectivity index (χ4v) is 15.6. The number of likely N-dealkylation sites (tertiary alicyclic amines) is 1. The van der Waals surface area contributed by atoms with Crippen molar-refractivity contribution in [3.05, 3.63) is 101 Å². The molecular formula is C65H77FN12O8S. The zero-order valence-electron chi connectivity index (χ0n) is 50.2. The predicted molar refractivity (Wildman–Crippen MR) is 329 cm³/mol. The Morgan fingerprint density at radius 2 is 1.75 bits per heavy atom. The van der Waals surface area contributed by atoms with Gasteiger partial charge in [-0.05, 0) is 118 Å². The highest BCUT2D eigenvalue weighted by Crippen LogP contribution is 2.44. The van der Waals surface area contributed by atoms with E-state index in [2.05, 4.69) is 37.5 Å². The Labute approximate surface area is 509 Å². The number of rotatable bonds is 16. The number of piperazine rings is 2. The van der Waals surface area contributed by atoms with E-state index in [0.29, 0.717) is 79.6 Å². The van der Waals surface area contributed by atoms with Crippen LogP contribution in [0.5, 0.6) is 11.8 Å². The number of aromatic nitrogens is 5. The molecule has 6 fully saturated rings. The molecule has 4 N–H and O–H groups in total. The molecule has 2 bridgehead atoms. The van der Waals surface area contributed by atoms with Crippen molar-refractivity contribution in [3.63, 3.8) is 0 Å². The molecule has 6 saturated heterocycles. The summed E-state index contributed by atoms with van der Waals surface area (Å²) in [5, 5.41) is 35.1. The van der Waals surface area contributed by atoms with Gasteiger partial charge in [0.2, 0.25) is 11.8 Å². The Balaban J connectivity index is 0.642. The number of β-amino-alcohol motifs (C(OH)–C–C–N with tert-alkyl or cyclic N) is 1. The number of phenols is 1. The average Bonchev–Trinajstić information content (AvgIpc) is 1.47. The highest BCUT2D eigenvalue weighted by atomic mass is 32.1. The molecule has 87 heavy (non-hydrogen) atoms. The Hall–Kier alpha value is -7.53. The van der Waals surface area contributed by atoms with Gasteiger partial charge in [0.05, 0.1) is 39.2 Å². The summed E-state index contributed by atoms with van der Waals surface area (Å²) >= 11 is 1.58. The number of halogens is 1. The smallest absolute Gasteiger partial charge is 0.410 e. The summed E-state index contributed by atoms with van der Waals surface area (Å²) in [4.78, 5) is 72.4. The van der Waals surface area contributed by atoms with Crippen LogP contribution < -0.4 is 25.2 Å². The minimum Gasteiger partial charge on any atom is -0.508 e. The predicted octanol–water partition coefficient (Wildman–Crippen LogP) is 8.91. The molecule has 4 aromatic heterocycles. The fraction of sp³-hybridized carbons (Fsp3) is 0.508. The van der Waals surface area contributed by atoms with Gasteiger partial charge >= 0.3 is 12.1 Å². The van der Waals surface area contributed by atoms with Gasteiger partial charge in [0, 0.05) is 87.7 Å². The van der Waals surface area contributed by atoms with Crippen LogP contribution in [0.2, 0.25) is 0 Å². The van der Waals surface area contributed by atoms with E-state index in [0.717, 1.165) is 83.1 Å². The third-order valence-electron chi connectivity index (χ3n) is 19.3. The highest BCUT2D eigenvalue weighted by Gasteiger charge is 2.51. The molecule has 13 rings (SSSR count). The number of hydrogen-bond donors (Lipinski definition) is 4. The number of pyridine rings is 1. The van der Waals surface area contributed by atoms with Crippen LogP contribution in [0.4, 0.5) is 20.8 Å². The van der Waals surface area contributed by atoms with Crippen molar-refractivity contribution in [2.75, 3.05) is 68.8 Å². The van der Waals surface area contributed by atoms with Gasteiger partial charge in [-0.1, -0.05) is 68.4 Å². The van der Waals surface area contributed by atoms with Crippen LogP contribution in [-0.4, -0.2) is 169 Å². The molecule has 0 spiro atoms. The molecule has 7 aromatic rings. The van der Waals surface area contributed by atoms with E-state index in [1.165, 1.54) is 4.90 Å². The number of amides is 3. The lowest BCUT2D eigenvalue weighted by atomic mass is 9.91. The molecular weight excluding hydrogens is 1130 g/mol. The van der Waals surface area contributed by atoms with Gasteiger partial charge < -0.3 is 54.4 Å². The molecule has 2 unspecified atom stereocenters. The van der Waals surface area contributed by atoms with Crippen molar-refractivity contribution < 1.29 is 43.0 Å². The van der Waals surface area contributed by atoms with Gasteiger partial charge in [0.1, 0.15) is 48.0 Å². The summed E-state index contributed by atoms with van der Waals surface area (Å²) < 4.78 is 36.2. The molecule has 0 radical (unpaired) electrons. The summed E-state index contributed by atoms with van der Waals surface area (Å²) in [6.45, 7) is 15.8. The molecule has 0 aliphatic carbocycles. The number of aromatic hydroxyl groups is 1. The van der Waals surface area contributed by atoms with Crippen molar-refractivity contribution in [3.8, 4) is 33.5 Å². The molecule has 3 aromatic carbocycles. The maximum Gasteiger partial charge on any atom is 0.410 e. The zero-order valence-corrected chi connectivity index (χ0v) is 51.1. The lowest BCUT2D eigenvalue weighted by Crippen LogP contribution is -2.55. The van der Waals surface area contributed by atoms with E-state index < -0.39 is 23.9 Å². The molecule has 9 atom stereocenters. The van der Waals surface area contributed by atoms with Crippen LogP contribution in [0.1, 0.15) is 114 Å². The Morgan fingerprint density at radius 3 is 2.49 bits per heavy atom. The minimum absolute atomic E-state index is 0.0215. The summed E-state index contributed by atoms with van der Waals surface area (Å²) in [5.41, 5.74) is 6.15. The maximum atomic E-state index is 17.4. The van der Waals surface area contributed by atoms with Crippen molar-refractivity contribution in [1.82, 2.24) is 50.4 Å².